The number of anilines is 1. The lowest BCUT2D eigenvalue weighted by Gasteiger charge is -2.06. The normalized spacial score (nSPS) is 10.6. The van der Waals surface area contributed by atoms with Crippen LogP contribution in [0, 0.1) is 0 Å². The van der Waals surface area contributed by atoms with Gasteiger partial charge >= 0.3 is 0 Å². The Morgan fingerprint density at radius 2 is 2.00 bits per heavy atom. The zero-order chi connectivity index (χ0) is 19.2. The maximum absolute atomic E-state index is 12.3. The topological polar surface area (TPSA) is 93.8 Å². The standard InChI is InChI=1S/C18H19ClN6O2/c1-24-16(22-17(26)13-6-2-3-7-14(13)19)12-15(23-24)18(27)20-8-4-10-25-11-5-9-21-25/h2-3,5-7,9,11-12H,4,8,10H2,1H3,(H,20,27)(H,22,26). The number of nitrogens with one attached hydrogen (secondary N) is 2. The molecule has 9 heteroatoms. The average Bonchev–Trinajstić information content (AvgIpc) is 3.29. The van der Waals surface area contributed by atoms with Gasteiger partial charge in [0.2, 0.25) is 0 Å². The lowest BCUT2D eigenvalue weighted by Crippen LogP contribution is -2.25. The number of nitrogens with zero attached hydrogens (tertiary/aromatic N) is 4. The van der Waals surface area contributed by atoms with Crippen molar-refractivity contribution in [2.45, 2.75) is 13.0 Å². The molecular formula is C18H19ClN6O2. The number of carbonyl (C=O) groups is 2. The van der Waals surface area contributed by atoms with Gasteiger partial charge in [0, 0.05) is 38.6 Å². The van der Waals surface area contributed by atoms with Crippen molar-refractivity contribution in [3.05, 3.63) is 65.1 Å². The van der Waals surface area contributed by atoms with E-state index in [0.29, 0.717) is 29.5 Å². The molecule has 0 spiro atoms. The van der Waals surface area contributed by atoms with Crippen molar-refractivity contribution in [2.75, 3.05) is 11.9 Å². The second-order valence-corrected chi connectivity index (χ2v) is 6.26. The van der Waals surface area contributed by atoms with Crippen LogP contribution in [0.2, 0.25) is 5.02 Å². The molecule has 8 nitrogen and oxygen atoms in total. The van der Waals surface area contributed by atoms with Crippen molar-refractivity contribution in [3.63, 3.8) is 0 Å². The summed E-state index contributed by atoms with van der Waals surface area (Å²) in [5.74, 6) is -0.263. The number of amides is 2. The highest BCUT2D eigenvalue weighted by atomic mass is 35.5. The van der Waals surface area contributed by atoms with Gasteiger partial charge in [-0.15, -0.1) is 0 Å². The van der Waals surface area contributed by atoms with E-state index in [-0.39, 0.29) is 17.5 Å². The van der Waals surface area contributed by atoms with Crippen molar-refractivity contribution in [3.8, 4) is 0 Å². The maximum atomic E-state index is 12.3. The summed E-state index contributed by atoms with van der Waals surface area (Å²) in [4.78, 5) is 24.6. The SMILES string of the molecule is Cn1nc(C(=O)NCCCn2cccn2)cc1NC(=O)c1ccccc1Cl. The molecule has 0 aliphatic heterocycles. The van der Waals surface area contributed by atoms with E-state index in [4.69, 9.17) is 11.6 Å². The van der Waals surface area contributed by atoms with E-state index in [2.05, 4.69) is 20.8 Å². The first-order chi connectivity index (χ1) is 13.0. The minimum absolute atomic E-state index is 0.228. The molecule has 0 atom stereocenters. The van der Waals surface area contributed by atoms with E-state index in [1.165, 1.54) is 10.7 Å². The fourth-order valence-corrected chi connectivity index (χ4v) is 2.71. The first-order valence-corrected chi connectivity index (χ1v) is 8.78. The van der Waals surface area contributed by atoms with Crippen LogP contribution in [0.3, 0.4) is 0 Å². The second-order valence-electron chi connectivity index (χ2n) is 5.85. The molecule has 2 heterocycles. The Kier molecular flexibility index (Phi) is 5.87. The highest BCUT2D eigenvalue weighted by Gasteiger charge is 2.16. The first-order valence-electron chi connectivity index (χ1n) is 8.40. The van der Waals surface area contributed by atoms with Crippen molar-refractivity contribution in [1.29, 1.82) is 0 Å². The van der Waals surface area contributed by atoms with E-state index in [9.17, 15) is 9.59 Å². The predicted octanol–water partition coefficient (Wildman–Crippen LogP) is 2.34. The number of benzene rings is 1. The Morgan fingerprint density at radius 3 is 2.74 bits per heavy atom. The third-order valence-electron chi connectivity index (χ3n) is 3.88. The molecule has 1 aromatic carbocycles. The summed E-state index contributed by atoms with van der Waals surface area (Å²) >= 11 is 6.04. The van der Waals surface area contributed by atoms with Crippen LogP contribution >= 0.6 is 11.6 Å². The number of aromatic nitrogens is 4. The van der Waals surface area contributed by atoms with Crippen LogP contribution in [0.25, 0.3) is 0 Å². The van der Waals surface area contributed by atoms with Crippen LogP contribution in [-0.2, 0) is 13.6 Å². The van der Waals surface area contributed by atoms with Gasteiger partial charge in [-0.1, -0.05) is 23.7 Å². The van der Waals surface area contributed by atoms with Crippen molar-refractivity contribution in [2.24, 2.45) is 7.05 Å². The van der Waals surface area contributed by atoms with Crippen LogP contribution in [0.5, 0.6) is 0 Å². The molecule has 140 valence electrons. The van der Waals surface area contributed by atoms with Gasteiger partial charge in [0.05, 0.1) is 10.6 Å². The highest BCUT2D eigenvalue weighted by Crippen LogP contribution is 2.17. The largest absolute Gasteiger partial charge is 0.351 e. The number of hydrogen-bond donors (Lipinski definition) is 2. The molecule has 0 saturated heterocycles. The Morgan fingerprint density at radius 1 is 1.19 bits per heavy atom. The molecule has 3 aromatic rings. The third kappa shape index (κ3) is 4.73. The van der Waals surface area contributed by atoms with Gasteiger partial charge in [-0.3, -0.25) is 19.0 Å². The van der Waals surface area contributed by atoms with Gasteiger partial charge in [0.15, 0.2) is 5.69 Å². The molecular weight excluding hydrogens is 368 g/mol. The summed E-state index contributed by atoms with van der Waals surface area (Å²) in [7, 11) is 1.65. The van der Waals surface area contributed by atoms with Gasteiger partial charge in [-0.25, -0.2) is 0 Å². The fourth-order valence-electron chi connectivity index (χ4n) is 2.49. The summed E-state index contributed by atoms with van der Waals surface area (Å²) in [5.41, 5.74) is 0.580. The minimum Gasteiger partial charge on any atom is -0.351 e. The van der Waals surface area contributed by atoms with Crippen LogP contribution in [0.1, 0.15) is 27.3 Å². The van der Waals surface area contributed by atoms with Gasteiger partial charge in [-0.05, 0) is 24.6 Å². The molecule has 0 saturated carbocycles. The number of aryl methyl sites for hydroxylation is 2. The lowest BCUT2D eigenvalue weighted by atomic mass is 10.2. The predicted molar refractivity (Wildman–Crippen MR) is 102 cm³/mol. The van der Waals surface area contributed by atoms with Crippen molar-refractivity contribution < 1.29 is 9.59 Å². The fraction of sp³-hybridized carbons (Fsp3) is 0.222. The lowest BCUT2D eigenvalue weighted by molar-refractivity contribution is 0.0946. The summed E-state index contributed by atoms with van der Waals surface area (Å²) in [6, 6.07) is 10.1. The van der Waals surface area contributed by atoms with Crippen LogP contribution in [0.15, 0.2) is 48.8 Å². The zero-order valence-electron chi connectivity index (χ0n) is 14.7. The van der Waals surface area contributed by atoms with Crippen molar-refractivity contribution in [1.82, 2.24) is 24.9 Å². The van der Waals surface area contributed by atoms with Gasteiger partial charge in [0.1, 0.15) is 5.82 Å². The average molecular weight is 387 g/mol. The molecule has 27 heavy (non-hydrogen) atoms. The molecule has 2 N–H and O–H groups in total. The van der Waals surface area contributed by atoms with E-state index in [1.54, 1.807) is 42.2 Å². The first kappa shape index (κ1) is 18.7. The summed E-state index contributed by atoms with van der Waals surface area (Å²) < 4.78 is 3.24. The minimum atomic E-state index is -0.366. The third-order valence-corrected chi connectivity index (χ3v) is 4.21. The molecule has 0 radical (unpaired) electrons. The van der Waals surface area contributed by atoms with Crippen LogP contribution in [-0.4, -0.2) is 37.9 Å². The maximum Gasteiger partial charge on any atom is 0.271 e. The monoisotopic (exact) mass is 386 g/mol. The second kappa shape index (κ2) is 8.50. The molecule has 0 bridgehead atoms. The number of rotatable bonds is 7. The number of carbonyl (C=O) groups excluding carboxylic acids is 2. The molecule has 3 rings (SSSR count). The highest BCUT2D eigenvalue weighted by molar-refractivity contribution is 6.34. The molecule has 0 aliphatic rings. The Balaban J connectivity index is 1.56. The van der Waals surface area contributed by atoms with E-state index >= 15 is 0 Å². The Labute approximate surface area is 161 Å². The molecule has 0 aliphatic carbocycles. The van der Waals surface area contributed by atoms with E-state index in [1.807, 2.05) is 12.3 Å². The number of halogens is 1. The zero-order valence-corrected chi connectivity index (χ0v) is 15.5. The smallest absolute Gasteiger partial charge is 0.271 e. The quantitative estimate of drug-likeness (QED) is 0.609. The summed E-state index contributed by atoms with van der Waals surface area (Å²) in [5, 5.41) is 14.1. The molecule has 0 unspecified atom stereocenters. The Hall–Kier alpha value is -3.13. The van der Waals surface area contributed by atoms with E-state index < -0.39 is 0 Å². The van der Waals surface area contributed by atoms with Crippen LogP contribution in [0.4, 0.5) is 5.82 Å². The van der Waals surface area contributed by atoms with Gasteiger partial charge in [-0.2, -0.15) is 10.2 Å². The molecule has 0 fully saturated rings. The number of hydrogen-bond acceptors (Lipinski definition) is 4. The summed E-state index contributed by atoms with van der Waals surface area (Å²) in [6.07, 6.45) is 4.33. The van der Waals surface area contributed by atoms with Gasteiger partial charge in [0.25, 0.3) is 11.8 Å². The molecule has 2 aromatic heterocycles. The summed E-state index contributed by atoms with van der Waals surface area (Å²) in [6.45, 7) is 1.21. The molecule has 2 amide bonds. The Bertz CT molecular complexity index is 935. The van der Waals surface area contributed by atoms with Crippen LogP contribution < -0.4 is 10.6 Å². The van der Waals surface area contributed by atoms with E-state index in [0.717, 1.165) is 6.42 Å². The van der Waals surface area contributed by atoms with Gasteiger partial charge < -0.3 is 10.6 Å². The van der Waals surface area contributed by atoms with Crippen molar-refractivity contribution >= 4 is 29.2 Å².